The summed E-state index contributed by atoms with van der Waals surface area (Å²) < 4.78 is 23.9. The minimum Gasteiger partial charge on any atom is -0.496 e. The van der Waals surface area contributed by atoms with Crippen molar-refractivity contribution >= 4 is 11.9 Å². The van der Waals surface area contributed by atoms with Crippen LogP contribution in [0.3, 0.4) is 0 Å². The van der Waals surface area contributed by atoms with Gasteiger partial charge in [0.1, 0.15) is 24.7 Å². The number of ether oxygens (including phenoxy) is 4. The van der Waals surface area contributed by atoms with Crippen LogP contribution in [0.2, 0.25) is 0 Å². The highest BCUT2D eigenvalue weighted by Gasteiger charge is 2.42. The molecule has 1 fully saturated rings. The number of carbonyl (C=O) groups excluding carboxylic acids is 2. The molecule has 5 atom stereocenters. The Bertz CT molecular complexity index is 1310. The van der Waals surface area contributed by atoms with Gasteiger partial charge in [0.15, 0.2) is 0 Å². The Morgan fingerprint density at radius 1 is 1.11 bits per heavy atom. The number of carbonyl (C=O) groups is 2. The van der Waals surface area contributed by atoms with Crippen molar-refractivity contribution in [1.82, 2.24) is 0 Å². The summed E-state index contributed by atoms with van der Waals surface area (Å²) in [4.78, 5) is 26.2. The Morgan fingerprint density at radius 3 is 2.43 bits per heavy atom. The lowest BCUT2D eigenvalue weighted by molar-refractivity contribution is -0.157. The van der Waals surface area contributed by atoms with Crippen molar-refractivity contribution in [2.45, 2.75) is 107 Å². The second-order valence-electron chi connectivity index (χ2n) is 15.4. The van der Waals surface area contributed by atoms with Crippen LogP contribution in [0.5, 0.6) is 11.5 Å². The molecule has 0 aliphatic heterocycles. The van der Waals surface area contributed by atoms with E-state index in [2.05, 4.69) is 52.8 Å². The number of methoxy groups -OCH3 is 1. The molecule has 7 heteroatoms. The van der Waals surface area contributed by atoms with Crippen molar-refractivity contribution in [2.24, 2.45) is 34.5 Å². The molecule has 4 unspecified atom stereocenters. The van der Waals surface area contributed by atoms with Crippen molar-refractivity contribution in [3.05, 3.63) is 58.7 Å². The monoisotopic (exact) mass is 652 g/mol. The minimum atomic E-state index is -0.750. The zero-order valence-corrected chi connectivity index (χ0v) is 30.6. The van der Waals surface area contributed by atoms with E-state index >= 15 is 0 Å². The van der Waals surface area contributed by atoms with E-state index in [1.165, 1.54) is 5.57 Å². The molecule has 3 rings (SSSR count). The highest BCUT2D eigenvalue weighted by molar-refractivity contribution is 5.77. The topological polar surface area (TPSA) is 91.3 Å². The Kier molecular flexibility index (Phi) is 13.8. The van der Waals surface area contributed by atoms with E-state index in [1.54, 1.807) is 7.11 Å². The van der Waals surface area contributed by atoms with Crippen LogP contribution in [0.25, 0.3) is 0 Å². The average Bonchev–Trinajstić information content (AvgIpc) is 3.84. The second kappa shape index (κ2) is 16.9. The number of hydrogen-bond acceptors (Lipinski definition) is 7. The molecule has 2 aliphatic rings. The molecule has 0 saturated heterocycles. The minimum absolute atomic E-state index is 0.0996. The third-order valence-corrected chi connectivity index (χ3v) is 9.76. The summed E-state index contributed by atoms with van der Waals surface area (Å²) in [6.07, 6.45) is 11.7. The van der Waals surface area contributed by atoms with Gasteiger partial charge in [0.25, 0.3) is 0 Å². The molecular formula is C40H60O7. The van der Waals surface area contributed by atoms with Crippen molar-refractivity contribution in [1.29, 1.82) is 0 Å². The maximum atomic E-state index is 13.4. The highest BCUT2D eigenvalue weighted by Crippen LogP contribution is 2.42. The Balaban J connectivity index is 1.81. The smallest absolute Gasteiger partial charge is 0.312 e. The quantitative estimate of drug-likeness (QED) is 0.141. The second-order valence-corrected chi connectivity index (χ2v) is 15.4. The van der Waals surface area contributed by atoms with Gasteiger partial charge in [0.05, 0.1) is 25.2 Å². The third-order valence-electron chi connectivity index (χ3n) is 9.76. The number of hydrogen-bond donors (Lipinski definition) is 1. The lowest BCUT2D eigenvalue weighted by Gasteiger charge is -2.36. The van der Waals surface area contributed by atoms with Crippen LogP contribution in [0.15, 0.2) is 47.6 Å². The van der Waals surface area contributed by atoms with Gasteiger partial charge in [-0.05, 0) is 88.2 Å². The van der Waals surface area contributed by atoms with Crippen LogP contribution < -0.4 is 9.47 Å². The maximum Gasteiger partial charge on any atom is 0.312 e. The molecule has 262 valence electrons. The summed E-state index contributed by atoms with van der Waals surface area (Å²) >= 11 is 0. The first-order valence-electron chi connectivity index (χ1n) is 17.4. The van der Waals surface area contributed by atoms with Gasteiger partial charge in [0, 0.05) is 29.0 Å². The van der Waals surface area contributed by atoms with Crippen LogP contribution in [0.4, 0.5) is 0 Å². The maximum absolute atomic E-state index is 13.4. The van der Waals surface area contributed by atoms with Crippen molar-refractivity contribution in [2.75, 3.05) is 26.9 Å². The van der Waals surface area contributed by atoms with Gasteiger partial charge in [-0.1, -0.05) is 71.4 Å². The van der Waals surface area contributed by atoms with E-state index in [0.717, 1.165) is 24.8 Å². The van der Waals surface area contributed by atoms with Gasteiger partial charge in [-0.25, -0.2) is 0 Å². The molecule has 0 amide bonds. The Hall–Kier alpha value is -3.06. The fourth-order valence-corrected chi connectivity index (χ4v) is 6.11. The Labute approximate surface area is 283 Å². The molecule has 0 radical (unpaired) electrons. The fraction of sp³-hybridized carbons (Fsp3) is 0.650. The standard InChI is InChI=1S/C40H60O7/c1-11-27(3)28(4)23-46-36(42)19-17-33-35(18-16-32(37(33)44-10)34(41)22-39(6,7)8)45-24-31(20-30-14-15-30)25-47-38(43)40(9)21-26(2)12-13-29(40)5/h11-13,16,18,20,26,28-30,34,41H,14-15,17,19,21-25H2,1-10H3/b27-11+,31-20-/t26?,28?,29?,34?,40-/m0/s1. The predicted octanol–water partition coefficient (Wildman–Crippen LogP) is 8.74. The Morgan fingerprint density at radius 2 is 1.81 bits per heavy atom. The van der Waals surface area contributed by atoms with Crippen LogP contribution >= 0.6 is 0 Å². The first-order valence-corrected chi connectivity index (χ1v) is 17.4. The number of esters is 2. The largest absolute Gasteiger partial charge is 0.496 e. The highest BCUT2D eigenvalue weighted by atomic mass is 16.5. The summed E-state index contributed by atoms with van der Waals surface area (Å²) in [6, 6.07) is 3.69. The van der Waals surface area contributed by atoms with E-state index in [0.29, 0.717) is 53.9 Å². The van der Waals surface area contributed by atoms with E-state index in [1.807, 2.05) is 45.9 Å². The summed E-state index contributed by atoms with van der Waals surface area (Å²) in [5.74, 6) is 1.64. The molecule has 1 N–H and O–H groups in total. The molecule has 47 heavy (non-hydrogen) atoms. The number of rotatable bonds is 16. The van der Waals surface area contributed by atoms with Gasteiger partial charge < -0.3 is 24.1 Å². The van der Waals surface area contributed by atoms with Crippen molar-refractivity contribution in [3.8, 4) is 11.5 Å². The van der Waals surface area contributed by atoms with Gasteiger partial charge in [-0.3, -0.25) is 9.59 Å². The number of aliphatic hydroxyl groups excluding tert-OH is 1. The lowest BCUT2D eigenvalue weighted by Crippen LogP contribution is -2.39. The molecular weight excluding hydrogens is 592 g/mol. The van der Waals surface area contributed by atoms with Gasteiger partial charge in [0.2, 0.25) is 0 Å². The summed E-state index contributed by atoms with van der Waals surface area (Å²) in [7, 11) is 1.58. The first-order chi connectivity index (χ1) is 22.1. The average molecular weight is 653 g/mol. The van der Waals surface area contributed by atoms with Crippen LogP contribution in [-0.4, -0.2) is 44.0 Å². The molecule has 1 saturated carbocycles. The fourth-order valence-electron chi connectivity index (χ4n) is 6.11. The molecule has 7 nitrogen and oxygen atoms in total. The lowest BCUT2D eigenvalue weighted by atomic mass is 9.68. The van der Waals surface area contributed by atoms with Gasteiger partial charge >= 0.3 is 11.9 Å². The summed E-state index contributed by atoms with van der Waals surface area (Å²) in [5, 5.41) is 11.2. The van der Waals surface area contributed by atoms with Gasteiger partial charge in [-0.2, -0.15) is 0 Å². The van der Waals surface area contributed by atoms with E-state index in [4.69, 9.17) is 18.9 Å². The number of benzene rings is 1. The number of allylic oxidation sites excluding steroid dienone is 4. The van der Waals surface area contributed by atoms with Crippen molar-refractivity contribution in [3.63, 3.8) is 0 Å². The molecule has 1 aromatic carbocycles. The van der Waals surface area contributed by atoms with E-state index < -0.39 is 11.5 Å². The third kappa shape index (κ3) is 11.3. The summed E-state index contributed by atoms with van der Waals surface area (Å²) in [5.41, 5.74) is 2.78. The number of aliphatic hydroxyl groups is 1. The SMILES string of the molecule is C/C=C(\C)C(C)COC(=O)CCc1c(OC/C(=C/C2CC2)COC(=O)[C@@]2(C)CC(C)C=CC2C)ccc(C(O)CC(C)(C)C)c1OC. The molecule has 0 bridgehead atoms. The van der Waals surface area contributed by atoms with Crippen LogP contribution in [-0.2, 0) is 25.5 Å². The molecule has 0 heterocycles. The van der Waals surface area contributed by atoms with Crippen LogP contribution in [0, 0.1) is 34.5 Å². The predicted molar refractivity (Wildman–Crippen MR) is 187 cm³/mol. The van der Waals surface area contributed by atoms with Crippen LogP contribution in [0.1, 0.15) is 112 Å². The molecule has 1 aromatic rings. The zero-order valence-electron chi connectivity index (χ0n) is 30.6. The molecule has 2 aliphatic carbocycles. The molecule has 0 spiro atoms. The van der Waals surface area contributed by atoms with E-state index in [9.17, 15) is 14.7 Å². The normalized spacial score (nSPS) is 23.2. The molecule has 0 aromatic heterocycles. The van der Waals surface area contributed by atoms with Crippen molar-refractivity contribution < 1.29 is 33.6 Å². The zero-order chi connectivity index (χ0) is 34.9. The van der Waals surface area contributed by atoms with E-state index in [-0.39, 0.29) is 48.8 Å². The first kappa shape index (κ1) is 38.4. The van der Waals surface area contributed by atoms with Gasteiger partial charge in [-0.15, -0.1) is 0 Å². The summed E-state index contributed by atoms with van der Waals surface area (Å²) in [6.45, 7) is 19.2.